The SMILES string of the molecule is Cc1cc(C(=O)O)ncc1NC(=O)CN1C(=O)CCCc2ccccc21. The largest absolute Gasteiger partial charge is 0.477 e. The summed E-state index contributed by atoms with van der Waals surface area (Å²) in [4.78, 5) is 41.1. The molecule has 0 saturated heterocycles. The number of benzene rings is 1. The Labute approximate surface area is 150 Å². The molecule has 0 saturated carbocycles. The molecule has 2 N–H and O–H groups in total. The quantitative estimate of drug-likeness (QED) is 0.879. The lowest BCUT2D eigenvalue weighted by Crippen LogP contribution is -2.37. The van der Waals surface area contributed by atoms with Crippen LogP contribution in [-0.2, 0) is 16.0 Å². The van der Waals surface area contributed by atoms with Crippen LogP contribution in [-0.4, -0.2) is 34.4 Å². The van der Waals surface area contributed by atoms with E-state index >= 15 is 0 Å². The molecule has 1 aromatic heterocycles. The average Bonchev–Trinajstić information content (AvgIpc) is 2.76. The Kier molecular flexibility index (Phi) is 4.97. The average molecular weight is 353 g/mol. The zero-order chi connectivity index (χ0) is 18.7. The number of carbonyl (C=O) groups excluding carboxylic acids is 2. The number of aromatic carboxylic acids is 1. The van der Waals surface area contributed by atoms with Gasteiger partial charge in [0.05, 0.1) is 11.9 Å². The van der Waals surface area contributed by atoms with Crippen molar-refractivity contribution in [2.45, 2.75) is 26.2 Å². The number of rotatable bonds is 4. The molecule has 3 rings (SSSR count). The Morgan fingerprint density at radius 3 is 2.77 bits per heavy atom. The Hall–Kier alpha value is -3.22. The van der Waals surface area contributed by atoms with Crippen LogP contribution in [0.2, 0.25) is 0 Å². The number of hydrogen-bond acceptors (Lipinski definition) is 4. The van der Waals surface area contributed by atoms with Crippen molar-refractivity contribution >= 4 is 29.2 Å². The zero-order valence-electron chi connectivity index (χ0n) is 14.4. The second kappa shape index (κ2) is 7.35. The summed E-state index contributed by atoms with van der Waals surface area (Å²) in [5.41, 5.74) is 2.75. The Morgan fingerprint density at radius 1 is 1.27 bits per heavy atom. The van der Waals surface area contributed by atoms with E-state index < -0.39 is 5.97 Å². The van der Waals surface area contributed by atoms with Crippen molar-refractivity contribution in [3.05, 3.63) is 53.3 Å². The number of aryl methyl sites for hydroxylation is 2. The molecule has 2 heterocycles. The fourth-order valence-electron chi connectivity index (χ4n) is 3.00. The van der Waals surface area contributed by atoms with Gasteiger partial charge in [-0.2, -0.15) is 0 Å². The third kappa shape index (κ3) is 3.72. The van der Waals surface area contributed by atoms with E-state index in [0.717, 1.165) is 24.1 Å². The first kappa shape index (κ1) is 17.6. The van der Waals surface area contributed by atoms with E-state index in [0.29, 0.717) is 17.7 Å². The molecule has 0 unspecified atom stereocenters. The smallest absolute Gasteiger partial charge is 0.354 e. The van der Waals surface area contributed by atoms with E-state index in [1.807, 2.05) is 24.3 Å². The molecule has 0 aliphatic carbocycles. The number of nitrogens with zero attached hydrogens (tertiary/aromatic N) is 2. The normalized spacial score (nSPS) is 13.7. The van der Waals surface area contributed by atoms with E-state index in [1.54, 1.807) is 6.92 Å². The van der Waals surface area contributed by atoms with Crippen molar-refractivity contribution in [1.82, 2.24) is 4.98 Å². The maximum atomic E-state index is 12.5. The maximum Gasteiger partial charge on any atom is 0.354 e. The Balaban J connectivity index is 1.77. The van der Waals surface area contributed by atoms with Gasteiger partial charge < -0.3 is 15.3 Å². The molecule has 1 aliphatic rings. The van der Waals surface area contributed by atoms with Crippen molar-refractivity contribution < 1.29 is 19.5 Å². The van der Waals surface area contributed by atoms with Gasteiger partial charge in [0.2, 0.25) is 11.8 Å². The van der Waals surface area contributed by atoms with Crippen LogP contribution in [0.25, 0.3) is 0 Å². The molecule has 1 aliphatic heterocycles. The second-order valence-corrected chi connectivity index (χ2v) is 6.20. The number of nitrogens with one attached hydrogen (secondary N) is 1. The van der Waals surface area contributed by atoms with Crippen LogP contribution in [0.4, 0.5) is 11.4 Å². The minimum Gasteiger partial charge on any atom is -0.477 e. The molecule has 0 spiro atoms. The number of amides is 2. The fraction of sp³-hybridized carbons (Fsp3) is 0.263. The lowest BCUT2D eigenvalue weighted by molar-refractivity contribution is -0.121. The van der Waals surface area contributed by atoms with Crippen molar-refractivity contribution in [2.24, 2.45) is 0 Å². The van der Waals surface area contributed by atoms with E-state index in [2.05, 4.69) is 10.3 Å². The van der Waals surface area contributed by atoms with Crippen LogP contribution in [0.5, 0.6) is 0 Å². The van der Waals surface area contributed by atoms with Crippen LogP contribution < -0.4 is 10.2 Å². The molecule has 26 heavy (non-hydrogen) atoms. The predicted octanol–water partition coefficient (Wildman–Crippen LogP) is 2.40. The van der Waals surface area contributed by atoms with Gasteiger partial charge in [0.1, 0.15) is 12.2 Å². The summed E-state index contributed by atoms with van der Waals surface area (Å²) in [7, 11) is 0. The zero-order valence-corrected chi connectivity index (χ0v) is 14.4. The van der Waals surface area contributed by atoms with Gasteiger partial charge in [0.15, 0.2) is 0 Å². The summed E-state index contributed by atoms with van der Waals surface area (Å²) in [5.74, 6) is -1.57. The highest BCUT2D eigenvalue weighted by molar-refractivity contribution is 6.03. The van der Waals surface area contributed by atoms with Gasteiger partial charge in [-0.25, -0.2) is 9.78 Å². The first-order chi connectivity index (χ1) is 12.5. The number of carboxylic acids is 1. The Morgan fingerprint density at radius 2 is 2.04 bits per heavy atom. The number of aromatic nitrogens is 1. The summed E-state index contributed by atoms with van der Waals surface area (Å²) in [5, 5.41) is 11.7. The summed E-state index contributed by atoms with van der Waals surface area (Å²) in [6.45, 7) is 1.59. The van der Waals surface area contributed by atoms with E-state index in [1.165, 1.54) is 17.2 Å². The molecule has 2 aromatic rings. The number of anilines is 2. The molecular weight excluding hydrogens is 334 g/mol. The van der Waals surface area contributed by atoms with Gasteiger partial charge in [-0.05, 0) is 43.0 Å². The van der Waals surface area contributed by atoms with Gasteiger partial charge in [0.25, 0.3) is 0 Å². The van der Waals surface area contributed by atoms with Crippen LogP contribution in [0.3, 0.4) is 0 Å². The predicted molar refractivity (Wildman–Crippen MR) is 96.3 cm³/mol. The van der Waals surface area contributed by atoms with Gasteiger partial charge >= 0.3 is 5.97 Å². The van der Waals surface area contributed by atoms with Gasteiger partial charge in [0, 0.05) is 12.1 Å². The molecule has 7 nitrogen and oxygen atoms in total. The molecule has 7 heteroatoms. The van der Waals surface area contributed by atoms with Crippen molar-refractivity contribution in [1.29, 1.82) is 0 Å². The second-order valence-electron chi connectivity index (χ2n) is 6.20. The molecule has 0 radical (unpaired) electrons. The monoisotopic (exact) mass is 353 g/mol. The highest BCUT2D eigenvalue weighted by atomic mass is 16.4. The summed E-state index contributed by atoms with van der Waals surface area (Å²) in [6, 6.07) is 8.98. The number of carboxylic acid groups (broad SMARTS) is 1. The summed E-state index contributed by atoms with van der Waals surface area (Å²) < 4.78 is 0. The molecule has 0 atom stereocenters. The molecule has 134 valence electrons. The molecule has 0 fully saturated rings. The Bertz CT molecular complexity index is 879. The number of para-hydroxylation sites is 1. The number of carbonyl (C=O) groups is 3. The highest BCUT2D eigenvalue weighted by Crippen LogP contribution is 2.26. The first-order valence-corrected chi connectivity index (χ1v) is 8.34. The minimum absolute atomic E-state index is 0.0822. The first-order valence-electron chi connectivity index (χ1n) is 8.34. The van der Waals surface area contributed by atoms with Gasteiger partial charge in [-0.1, -0.05) is 18.2 Å². The standard InChI is InChI=1S/C19H19N3O4/c1-12-9-14(19(25)26)20-10-15(12)21-17(23)11-22-16-7-3-2-5-13(16)6-4-8-18(22)24/h2-3,5,7,9-10H,4,6,8,11H2,1H3,(H,21,23)(H,25,26). The van der Waals surface area contributed by atoms with Gasteiger partial charge in [-0.3, -0.25) is 9.59 Å². The van der Waals surface area contributed by atoms with Crippen LogP contribution in [0.1, 0.15) is 34.5 Å². The minimum atomic E-state index is -1.13. The van der Waals surface area contributed by atoms with Crippen LogP contribution in [0, 0.1) is 6.92 Å². The molecule has 1 aromatic carbocycles. The fourth-order valence-corrected chi connectivity index (χ4v) is 3.00. The van der Waals surface area contributed by atoms with Gasteiger partial charge in [-0.15, -0.1) is 0 Å². The third-order valence-corrected chi connectivity index (χ3v) is 4.33. The summed E-state index contributed by atoms with van der Waals surface area (Å²) >= 11 is 0. The summed E-state index contributed by atoms with van der Waals surface area (Å²) in [6.07, 6.45) is 3.28. The van der Waals surface area contributed by atoms with Crippen molar-refractivity contribution in [3.8, 4) is 0 Å². The lowest BCUT2D eigenvalue weighted by Gasteiger charge is -2.22. The third-order valence-electron chi connectivity index (χ3n) is 4.33. The molecule has 0 bridgehead atoms. The van der Waals surface area contributed by atoms with E-state index in [9.17, 15) is 14.4 Å². The van der Waals surface area contributed by atoms with Crippen LogP contribution in [0.15, 0.2) is 36.5 Å². The number of hydrogen-bond donors (Lipinski definition) is 2. The lowest BCUT2D eigenvalue weighted by atomic mass is 10.1. The molecule has 2 amide bonds. The number of pyridine rings is 1. The number of fused-ring (bicyclic) bond motifs is 1. The van der Waals surface area contributed by atoms with Crippen molar-refractivity contribution in [3.63, 3.8) is 0 Å². The van der Waals surface area contributed by atoms with E-state index in [-0.39, 0.29) is 24.1 Å². The van der Waals surface area contributed by atoms with E-state index in [4.69, 9.17) is 5.11 Å². The highest BCUT2D eigenvalue weighted by Gasteiger charge is 2.24. The van der Waals surface area contributed by atoms with Crippen LogP contribution >= 0.6 is 0 Å². The van der Waals surface area contributed by atoms with Crippen molar-refractivity contribution in [2.75, 3.05) is 16.8 Å². The topological polar surface area (TPSA) is 99.6 Å². The maximum absolute atomic E-state index is 12.5. The molecular formula is C19H19N3O4.